The third kappa shape index (κ3) is 1.89. The molecule has 1 heterocycles. The SMILES string of the molecule is CC(C)(c1ccc(N)cc1)c1ccncn1. The third-order valence-electron chi connectivity index (χ3n) is 2.85. The number of anilines is 1. The number of nitrogens with two attached hydrogens (primary N) is 1. The second-order valence-corrected chi connectivity index (χ2v) is 4.34. The Bertz CT molecular complexity index is 460. The first-order chi connectivity index (χ1) is 7.60. The number of hydrogen-bond donors (Lipinski definition) is 1. The summed E-state index contributed by atoms with van der Waals surface area (Å²) >= 11 is 0. The quantitative estimate of drug-likeness (QED) is 0.779. The molecular formula is C13H15N3. The van der Waals surface area contributed by atoms with Gasteiger partial charge in [0.1, 0.15) is 6.33 Å². The van der Waals surface area contributed by atoms with Gasteiger partial charge in [0.2, 0.25) is 0 Å². The third-order valence-corrected chi connectivity index (χ3v) is 2.85. The Morgan fingerprint density at radius 1 is 1.06 bits per heavy atom. The fourth-order valence-corrected chi connectivity index (χ4v) is 1.71. The maximum atomic E-state index is 5.68. The lowest BCUT2D eigenvalue weighted by atomic mass is 9.81. The number of nitrogen functional groups attached to an aromatic ring is 1. The molecule has 0 fully saturated rings. The van der Waals surface area contributed by atoms with Crippen molar-refractivity contribution >= 4 is 5.69 Å². The summed E-state index contributed by atoms with van der Waals surface area (Å²) in [6, 6.07) is 9.85. The number of benzene rings is 1. The van der Waals surface area contributed by atoms with Crippen molar-refractivity contribution in [3.63, 3.8) is 0 Å². The van der Waals surface area contributed by atoms with Gasteiger partial charge in [-0.15, -0.1) is 0 Å². The molecule has 0 saturated carbocycles. The van der Waals surface area contributed by atoms with E-state index in [1.54, 1.807) is 12.5 Å². The molecule has 2 rings (SSSR count). The normalized spacial score (nSPS) is 11.4. The summed E-state index contributed by atoms with van der Waals surface area (Å²) < 4.78 is 0. The number of aromatic nitrogens is 2. The molecule has 0 aliphatic rings. The Morgan fingerprint density at radius 3 is 2.31 bits per heavy atom. The van der Waals surface area contributed by atoms with E-state index < -0.39 is 0 Å². The van der Waals surface area contributed by atoms with Gasteiger partial charge in [-0.25, -0.2) is 9.97 Å². The van der Waals surface area contributed by atoms with E-state index in [2.05, 4.69) is 23.8 Å². The van der Waals surface area contributed by atoms with Crippen LogP contribution in [-0.2, 0) is 5.41 Å². The molecule has 1 aromatic heterocycles. The zero-order chi connectivity index (χ0) is 11.6. The van der Waals surface area contributed by atoms with Gasteiger partial charge in [-0.05, 0) is 23.8 Å². The highest BCUT2D eigenvalue weighted by Crippen LogP contribution is 2.29. The highest BCUT2D eigenvalue weighted by atomic mass is 14.8. The number of nitrogens with zero attached hydrogens (tertiary/aromatic N) is 2. The highest BCUT2D eigenvalue weighted by Gasteiger charge is 2.24. The molecule has 2 N–H and O–H groups in total. The lowest BCUT2D eigenvalue weighted by molar-refractivity contribution is 0.614. The van der Waals surface area contributed by atoms with Crippen molar-refractivity contribution in [2.75, 3.05) is 5.73 Å². The lowest BCUT2D eigenvalue weighted by Crippen LogP contribution is -2.20. The van der Waals surface area contributed by atoms with Gasteiger partial charge in [0.15, 0.2) is 0 Å². The van der Waals surface area contributed by atoms with E-state index >= 15 is 0 Å². The van der Waals surface area contributed by atoms with Crippen molar-refractivity contribution in [1.29, 1.82) is 0 Å². The molecule has 0 aliphatic carbocycles. The molecule has 16 heavy (non-hydrogen) atoms. The Labute approximate surface area is 95.4 Å². The van der Waals surface area contributed by atoms with E-state index in [1.165, 1.54) is 5.56 Å². The smallest absolute Gasteiger partial charge is 0.115 e. The second kappa shape index (κ2) is 3.93. The van der Waals surface area contributed by atoms with Gasteiger partial charge in [-0.1, -0.05) is 26.0 Å². The predicted octanol–water partition coefficient (Wildman–Crippen LogP) is 2.38. The van der Waals surface area contributed by atoms with Gasteiger partial charge in [-0.2, -0.15) is 0 Å². The average Bonchev–Trinajstić information content (AvgIpc) is 2.31. The van der Waals surface area contributed by atoms with Crippen molar-refractivity contribution in [3.05, 3.63) is 54.1 Å². The Balaban J connectivity index is 2.43. The summed E-state index contributed by atoms with van der Waals surface area (Å²) in [5, 5.41) is 0. The molecule has 0 bridgehead atoms. The van der Waals surface area contributed by atoms with E-state index in [0.717, 1.165) is 11.4 Å². The molecule has 0 spiro atoms. The molecule has 2 aromatic rings. The van der Waals surface area contributed by atoms with Crippen LogP contribution in [0.15, 0.2) is 42.9 Å². The number of hydrogen-bond acceptors (Lipinski definition) is 3. The molecule has 0 saturated heterocycles. The Morgan fingerprint density at radius 2 is 1.75 bits per heavy atom. The van der Waals surface area contributed by atoms with Crippen LogP contribution in [0.2, 0.25) is 0 Å². The largest absolute Gasteiger partial charge is 0.399 e. The van der Waals surface area contributed by atoms with Crippen molar-refractivity contribution in [1.82, 2.24) is 9.97 Å². The van der Waals surface area contributed by atoms with Crippen LogP contribution >= 0.6 is 0 Å². The summed E-state index contributed by atoms with van der Waals surface area (Å²) in [6.45, 7) is 4.28. The fraction of sp³-hybridized carbons (Fsp3) is 0.231. The van der Waals surface area contributed by atoms with Crippen molar-refractivity contribution in [3.8, 4) is 0 Å². The molecule has 0 atom stereocenters. The number of rotatable bonds is 2. The van der Waals surface area contributed by atoms with Crippen LogP contribution in [0, 0.1) is 0 Å². The summed E-state index contributed by atoms with van der Waals surface area (Å²) in [5.74, 6) is 0. The van der Waals surface area contributed by atoms with Crippen LogP contribution in [0.1, 0.15) is 25.1 Å². The first-order valence-electron chi connectivity index (χ1n) is 5.23. The maximum Gasteiger partial charge on any atom is 0.115 e. The molecule has 82 valence electrons. The molecule has 0 unspecified atom stereocenters. The van der Waals surface area contributed by atoms with E-state index in [4.69, 9.17) is 5.73 Å². The predicted molar refractivity (Wildman–Crippen MR) is 65.0 cm³/mol. The molecule has 0 radical (unpaired) electrons. The van der Waals surface area contributed by atoms with Crippen LogP contribution in [-0.4, -0.2) is 9.97 Å². The minimum atomic E-state index is -0.128. The molecule has 0 aliphatic heterocycles. The van der Waals surface area contributed by atoms with Gasteiger partial charge in [-0.3, -0.25) is 0 Å². The van der Waals surface area contributed by atoms with Crippen molar-refractivity contribution in [2.45, 2.75) is 19.3 Å². The first-order valence-corrected chi connectivity index (χ1v) is 5.23. The Kier molecular flexibility index (Phi) is 2.60. The van der Waals surface area contributed by atoms with E-state index in [-0.39, 0.29) is 5.41 Å². The van der Waals surface area contributed by atoms with Crippen LogP contribution < -0.4 is 5.73 Å². The van der Waals surface area contributed by atoms with Crippen molar-refractivity contribution < 1.29 is 0 Å². The van der Waals surface area contributed by atoms with Crippen LogP contribution in [0.3, 0.4) is 0 Å². The summed E-state index contributed by atoms with van der Waals surface area (Å²) in [4.78, 5) is 8.24. The second-order valence-electron chi connectivity index (χ2n) is 4.34. The van der Waals surface area contributed by atoms with Gasteiger partial charge >= 0.3 is 0 Å². The Hall–Kier alpha value is -1.90. The monoisotopic (exact) mass is 213 g/mol. The summed E-state index contributed by atoms with van der Waals surface area (Å²) in [6.07, 6.45) is 3.34. The molecular weight excluding hydrogens is 198 g/mol. The van der Waals surface area contributed by atoms with Gasteiger partial charge in [0, 0.05) is 17.3 Å². The minimum absolute atomic E-state index is 0.128. The zero-order valence-electron chi connectivity index (χ0n) is 9.51. The zero-order valence-corrected chi connectivity index (χ0v) is 9.51. The topological polar surface area (TPSA) is 51.8 Å². The standard InChI is InChI=1S/C13H15N3/c1-13(2,12-7-8-15-9-16-12)10-3-5-11(14)6-4-10/h3-9H,14H2,1-2H3. The van der Waals surface area contributed by atoms with Crippen LogP contribution in [0.5, 0.6) is 0 Å². The lowest BCUT2D eigenvalue weighted by Gasteiger charge is -2.24. The molecule has 1 aromatic carbocycles. The summed E-state index contributed by atoms with van der Waals surface area (Å²) in [7, 11) is 0. The van der Waals surface area contributed by atoms with E-state index in [1.807, 2.05) is 30.3 Å². The van der Waals surface area contributed by atoms with E-state index in [9.17, 15) is 0 Å². The maximum absolute atomic E-state index is 5.68. The van der Waals surface area contributed by atoms with Gasteiger partial charge in [0.25, 0.3) is 0 Å². The van der Waals surface area contributed by atoms with Crippen LogP contribution in [0.4, 0.5) is 5.69 Å². The van der Waals surface area contributed by atoms with Gasteiger partial charge < -0.3 is 5.73 Å². The molecule has 3 heteroatoms. The molecule has 3 nitrogen and oxygen atoms in total. The van der Waals surface area contributed by atoms with Gasteiger partial charge in [0.05, 0.1) is 5.69 Å². The first kappa shape index (κ1) is 10.6. The van der Waals surface area contributed by atoms with E-state index in [0.29, 0.717) is 0 Å². The highest BCUT2D eigenvalue weighted by molar-refractivity contribution is 5.43. The fourth-order valence-electron chi connectivity index (χ4n) is 1.71. The van der Waals surface area contributed by atoms with Crippen molar-refractivity contribution in [2.24, 2.45) is 0 Å². The average molecular weight is 213 g/mol. The minimum Gasteiger partial charge on any atom is -0.399 e. The van der Waals surface area contributed by atoms with Crippen LogP contribution in [0.25, 0.3) is 0 Å². The molecule has 0 amide bonds. The summed E-state index contributed by atoms with van der Waals surface area (Å²) in [5.41, 5.74) is 8.54.